The van der Waals surface area contributed by atoms with E-state index < -0.39 is 11.0 Å². The number of ether oxygens (including phenoxy) is 1. The first kappa shape index (κ1) is 25.1. The minimum Gasteiger partial charge on any atom is -0.494 e. The van der Waals surface area contributed by atoms with Gasteiger partial charge in [-0.05, 0) is 68.6 Å². The molecule has 0 unspecified atom stereocenters. The van der Waals surface area contributed by atoms with E-state index in [2.05, 4.69) is 16.0 Å². The summed E-state index contributed by atoms with van der Waals surface area (Å²) >= 11 is 5.37. The van der Waals surface area contributed by atoms with Crippen LogP contribution in [0.2, 0.25) is 0 Å². The highest BCUT2D eigenvalue weighted by molar-refractivity contribution is 7.80. The van der Waals surface area contributed by atoms with Crippen LogP contribution in [0.3, 0.4) is 0 Å². The predicted molar refractivity (Wildman–Crippen MR) is 131 cm³/mol. The number of thiocarbonyl (C=S) groups is 1. The summed E-state index contributed by atoms with van der Waals surface area (Å²) in [6, 6.07) is 9.69. The highest BCUT2D eigenvalue weighted by Gasteiger charge is 2.23. The third-order valence-electron chi connectivity index (χ3n) is 4.78. The van der Waals surface area contributed by atoms with Crippen molar-refractivity contribution in [1.29, 1.82) is 0 Å². The number of carbonyl (C=O) groups excluding carboxylic acids is 1. The molecule has 0 radical (unpaired) electrons. The predicted octanol–water partition coefficient (Wildman–Crippen LogP) is 4.95. The lowest BCUT2D eigenvalue weighted by atomic mass is 10.0. The van der Waals surface area contributed by atoms with Crippen LogP contribution in [0.4, 0.5) is 17.1 Å². The van der Waals surface area contributed by atoms with E-state index in [1.165, 1.54) is 12.1 Å². The fourth-order valence-corrected chi connectivity index (χ4v) is 3.52. The maximum Gasteiger partial charge on any atom is 0.296 e. The van der Waals surface area contributed by atoms with Crippen LogP contribution in [0.25, 0.3) is 0 Å². The maximum absolute atomic E-state index is 13.0. The second-order valence-electron chi connectivity index (χ2n) is 7.91. The van der Waals surface area contributed by atoms with Gasteiger partial charge in [-0.15, -0.1) is 0 Å². The molecule has 172 valence electrons. The Morgan fingerprint density at radius 3 is 2.38 bits per heavy atom. The smallest absolute Gasteiger partial charge is 0.296 e. The van der Waals surface area contributed by atoms with E-state index in [9.17, 15) is 14.9 Å². The van der Waals surface area contributed by atoms with Gasteiger partial charge in [0.05, 0.1) is 17.6 Å². The number of anilines is 2. The van der Waals surface area contributed by atoms with Gasteiger partial charge in [-0.25, -0.2) is 0 Å². The quantitative estimate of drug-likeness (QED) is 0.277. The molecule has 9 heteroatoms. The Bertz CT molecular complexity index is 974. The molecule has 2 aromatic carbocycles. The van der Waals surface area contributed by atoms with Gasteiger partial charge in [-0.1, -0.05) is 32.0 Å². The van der Waals surface area contributed by atoms with E-state index >= 15 is 0 Å². The molecule has 1 amide bonds. The third kappa shape index (κ3) is 6.91. The molecule has 0 spiro atoms. The van der Waals surface area contributed by atoms with Crippen molar-refractivity contribution in [3.8, 4) is 5.75 Å². The number of hydrogen-bond donors (Lipinski definition) is 3. The summed E-state index contributed by atoms with van der Waals surface area (Å²) in [5.74, 6) is 0.398. The first-order chi connectivity index (χ1) is 15.1. The SMILES string of the molecule is CCOc1ccc(NC(=S)N[C@H](CC(C)C)C(=O)Nc2c(C)cccc2C)c([N+](=O)[O-])c1. The van der Waals surface area contributed by atoms with E-state index in [1.807, 2.05) is 45.9 Å². The van der Waals surface area contributed by atoms with Crippen molar-refractivity contribution in [3.05, 3.63) is 57.6 Å². The van der Waals surface area contributed by atoms with Crippen LogP contribution in [-0.2, 0) is 4.79 Å². The standard InChI is InChI=1S/C23H30N4O4S/c1-6-31-17-10-11-18(20(13-17)27(29)30)24-23(32)25-19(12-14(2)3)22(28)26-21-15(4)8-7-9-16(21)5/h7-11,13-14,19H,6,12H2,1-5H3,(H,26,28)(H2,24,25,32)/t19-/m1/s1. The Morgan fingerprint density at radius 2 is 1.81 bits per heavy atom. The van der Waals surface area contributed by atoms with Crippen molar-refractivity contribution in [2.45, 2.75) is 47.1 Å². The molecule has 0 saturated carbocycles. The number of aryl methyl sites for hydroxylation is 2. The van der Waals surface area contributed by atoms with Crippen LogP contribution in [0.15, 0.2) is 36.4 Å². The summed E-state index contributed by atoms with van der Waals surface area (Å²) in [6.45, 7) is 10.1. The number of nitro benzene ring substituents is 1. The number of nitrogens with one attached hydrogen (secondary N) is 3. The Balaban J connectivity index is 2.18. The van der Waals surface area contributed by atoms with Crippen molar-refractivity contribution >= 4 is 40.3 Å². The summed E-state index contributed by atoms with van der Waals surface area (Å²) in [7, 11) is 0. The Morgan fingerprint density at radius 1 is 1.16 bits per heavy atom. The third-order valence-corrected chi connectivity index (χ3v) is 5.00. The molecule has 0 aliphatic carbocycles. The number of nitro groups is 1. The number of rotatable bonds is 9. The van der Waals surface area contributed by atoms with E-state index in [0.717, 1.165) is 16.8 Å². The molecule has 0 saturated heterocycles. The first-order valence-electron chi connectivity index (χ1n) is 10.5. The average molecular weight is 459 g/mol. The second kappa shape index (κ2) is 11.4. The van der Waals surface area contributed by atoms with E-state index in [0.29, 0.717) is 18.8 Å². The number of hydrogen-bond acceptors (Lipinski definition) is 5. The largest absolute Gasteiger partial charge is 0.494 e. The van der Waals surface area contributed by atoms with Crippen molar-refractivity contribution < 1.29 is 14.5 Å². The lowest BCUT2D eigenvalue weighted by molar-refractivity contribution is -0.384. The van der Waals surface area contributed by atoms with Gasteiger partial charge in [0.25, 0.3) is 5.69 Å². The normalized spacial score (nSPS) is 11.6. The molecule has 32 heavy (non-hydrogen) atoms. The Labute approximate surface area is 193 Å². The number of benzene rings is 2. The fraction of sp³-hybridized carbons (Fsp3) is 0.391. The van der Waals surface area contributed by atoms with E-state index in [4.69, 9.17) is 17.0 Å². The van der Waals surface area contributed by atoms with Crippen molar-refractivity contribution in [2.24, 2.45) is 5.92 Å². The molecule has 0 aliphatic heterocycles. The summed E-state index contributed by atoms with van der Waals surface area (Å²) in [4.78, 5) is 24.0. The zero-order chi connectivity index (χ0) is 23.8. The lowest BCUT2D eigenvalue weighted by Gasteiger charge is -2.23. The Hall–Kier alpha value is -3.20. The van der Waals surface area contributed by atoms with Crippen LogP contribution in [-0.4, -0.2) is 28.6 Å². The Kier molecular flexibility index (Phi) is 8.95. The molecule has 0 heterocycles. The van der Waals surface area contributed by atoms with Crippen LogP contribution in [0.5, 0.6) is 5.75 Å². The molecular weight excluding hydrogens is 428 g/mol. The van der Waals surface area contributed by atoms with Crippen LogP contribution < -0.4 is 20.7 Å². The van der Waals surface area contributed by atoms with Gasteiger partial charge in [0.1, 0.15) is 17.5 Å². The van der Waals surface area contributed by atoms with Gasteiger partial charge >= 0.3 is 0 Å². The summed E-state index contributed by atoms with van der Waals surface area (Å²) in [6.07, 6.45) is 0.532. The summed E-state index contributed by atoms with van der Waals surface area (Å²) in [5.41, 5.74) is 2.75. The maximum atomic E-state index is 13.0. The van der Waals surface area contributed by atoms with Gasteiger partial charge in [0, 0.05) is 5.69 Å². The number of carbonyl (C=O) groups is 1. The minimum absolute atomic E-state index is 0.125. The summed E-state index contributed by atoms with van der Waals surface area (Å²) in [5, 5.41) is 20.5. The molecule has 0 bridgehead atoms. The molecule has 2 aromatic rings. The van der Waals surface area contributed by atoms with Gasteiger partial charge in [0.15, 0.2) is 5.11 Å². The lowest BCUT2D eigenvalue weighted by Crippen LogP contribution is -2.46. The van der Waals surface area contributed by atoms with Gasteiger partial charge in [-0.3, -0.25) is 14.9 Å². The molecule has 0 aliphatic rings. The summed E-state index contributed by atoms with van der Waals surface area (Å²) < 4.78 is 5.34. The number of para-hydroxylation sites is 1. The van der Waals surface area contributed by atoms with Gasteiger partial charge in [0.2, 0.25) is 5.91 Å². The zero-order valence-corrected chi connectivity index (χ0v) is 19.8. The van der Waals surface area contributed by atoms with E-state index in [-0.39, 0.29) is 28.3 Å². The molecule has 8 nitrogen and oxygen atoms in total. The van der Waals surface area contributed by atoms with Gasteiger partial charge < -0.3 is 20.7 Å². The molecule has 0 fully saturated rings. The molecule has 3 N–H and O–H groups in total. The minimum atomic E-state index is -0.615. The molecule has 2 rings (SSSR count). The zero-order valence-electron chi connectivity index (χ0n) is 19.0. The first-order valence-corrected chi connectivity index (χ1v) is 10.9. The average Bonchev–Trinajstić information content (AvgIpc) is 2.71. The van der Waals surface area contributed by atoms with Crippen molar-refractivity contribution in [2.75, 3.05) is 17.2 Å². The highest BCUT2D eigenvalue weighted by Crippen LogP contribution is 2.29. The molecular formula is C23H30N4O4S. The second-order valence-corrected chi connectivity index (χ2v) is 8.31. The fourth-order valence-electron chi connectivity index (χ4n) is 3.27. The van der Waals surface area contributed by atoms with Crippen LogP contribution in [0, 0.1) is 29.9 Å². The monoisotopic (exact) mass is 458 g/mol. The van der Waals surface area contributed by atoms with Crippen LogP contribution >= 0.6 is 12.2 Å². The van der Waals surface area contributed by atoms with Crippen molar-refractivity contribution in [3.63, 3.8) is 0 Å². The van der Waals surface area contributed by atoms with E-state index in [1.54, 1.807) is 13.0 Å². The van der Waals surface area contributed by atoms with Crippen molar-refractivity contribution in [1.82, 2.24) is 5.32 Å². The topological polar surface area (TPSA) is 106 Å². The highest BCUT2D eigenvalue weighted by atomic mass is 32.1. The molecule has 0 aromatic heterocycles. The number of nitrogens with zero attached hydrogens (tertiary/aromatic N) is 1. The molecule has 1 atom stereocenters. The van der Waals surface area contributed by atoms with Gasteiger partial charge in [-0.2, -0.15) is 0 Å². The number of amides is 1. The van der Waals surface area contributed by atoms with Crippen LogP contribution in [0.1, 0.15) is 38.3 Å².